The van der Waals surface area contributed by atoms with Crippen LogP contribution in [0.4, 0.5) is 0 Å². The molecule has 1 aliphatic carbocycles. The maximum Gasteiger partial charge on any atom is 0.0827 e. The van der Waals surface area contributed by atoms with Gasteiger partial charge in [-0.05, 0) is 49.7 Å². The minimum atomic E-state index is -0.328. The van der Waals surface area contributed by atoms with Crippen LogP contribution in [0.15, 0.2) is 35.9 Å². The summed E-state index contributed by atoms with van der Waals surface area (Å²) < 4.78 is 0. The lowest BCUT2D eigenvalue weighted by Gasteiger charge is -2.17. The zero-order chi connectivity index (χ0) is 12.8. The van der Waals surface area contributed by atoms with Gasteiger partial charge in [0.25, 0.3) is 0 Å². The van der Waals surface area contributed by atoms with Gasteiger partial charge in [-0.2, -0.15) is 0 Å². The van der Waals surface area contributed by atoms with E-state index < -0.39 is 0 Å². The van der Waals surface area contributed by atoms with Crippen LogP contribution in [0.25, 0.3) is 0 Å². The van der Waals surface area contributed by atoms with Crippen molar-refractivity contribution in [1.82, 2.24) is 0 Å². The van der Waals surface area contributed by atoms with Crippen LogP contribution >= 0.6 is 0 Å². The Morgan fingerprint density at radius 1 is 1.28 bits per heavy atom. The van der Waals surface area contributed by atoms with Gasteiger partial charge in [0, 0.05) is 0 Å². The summed E-state index contributed by atoms with van der Waals surface area (Å²) in [5, 5.41) is 10.3. The zero-order valence-electron chi connectivity index (χ0n) is 11.4. The molecule has 1 nitrogen and oxygen atoms in total. The van der Waals surface area contributed by atoms with E-state index >= 15 is 0 Å². The predicted octanol–water partition coefficient (Wildman–Crippen LogP) is 4.56. The van der Waals surface area contributed by atoms with Crippen LogP contribution in [-0.2, 0) is 6.42 Å². The lowest BCUT2D eigenvalue weighted by molar-refractivity contribution is 0.176. The molecule has 1 N–H and O–H groups in total. The van der Waals surface area contributed by atoms with Crippen LogP contribution in [0.5, 0.6) is 0 Å². The summed E-state index contributed by atoms with van der Waals surface area (Å²) in [6.45, 7) is 2.19. The smallest absolute Gasteiger partial charge is 0.0827 e. The fourth-order valence-corrected chi connectivity index (χ4v) is 2.70. The van der Waals surface area contributed by atoms with Crippen molar-refractivity contribution >= 4 is 0 Å². The van der Waals surface area contributed by atoms with Gasteiger partial charge in [0.1, 0.15) is 0 Å². The molecule has 0 bridgehead atoms. The Kier molecular flexibility index (Phi) is 5.00. The molecular formula is C17H24O. The van der Waals surface area contributed by atoms with Crippen molar-refractivity contribution in [3.05, 3.63) is 47.0 Å². The molecule has 0 heterocycles. The first kappa shape index (κ1) is 13.4. The molecule has 98 valence electrons. The van der Waals surface area contributed by atoms with Crippen molar-refractivity contribution < 1.29 is 5.11 Å². The van der Waals surface area contributed by atoms with E-state index in [4.69, 9.17) is 0 Å². The van der Waals surface area contributed by atoms with Gasteiger partial charge in [-0.1, -0.05) is 49.3 Å². The van der Waals surface area contributed by atoms with Gasteiger partial charge in [0.05, 0.1) is 6.10 Å². The topological polar surface area (TPSA) is 20.2 Å². The molecule has 1 aromatic carbocycles. The van der Waals surface area contributed by atoms with Gasteiger partial charge < -0.3 is 5.11 Å². The van der Waals surface area contributed by atoms with Crippen LogP contribution in [-0.4, -0.2) is 5.11 Å². The SMILES string of the molecule is CCCc1cccc(C(O)CC2=CCCCC2)c1. The van der Waals surface area contributed by atoms with Crippen molar-refractivity contribution in [3.8, 4) is 0 Å². The second kappa shape index (κ2) is 6.75. The summed E-state index contributed by atoms with van der Waals surface area (Å²) in [7, 11) is 0. The normalized spacial score (nSPS) is 17.3. The predicted molar refractivity (Wildman–Crippen MR) is 76.6 cm³/mol. The fourth-order valence-electron chi connectivity index (χ4n) is 2.70. The first-order chi connectivity index (χ1) is 8.79. The molecule has 1 atom stereocenters. The molecule has 1 aliphatic rings. The molecule has 1 unspecified atom stereocenters. The molecule has 0 radical (unpaired) electrons. The molecule has 0 amide bonds. The lowest BCUT2D eigenvalue weighted by atomic mass is 9.92. The van der Waals surface area contributed by atoms with Gasteiger partial charge in [-0.3, -0.25) is 0 Å². The highest BCUT2D eigenvalue weighted by Crippen LogP contribution is 2.27. The van der Waals surface area contributed by atoms with E-state index in [0.717, 1.165) is 24.8 Å². The van der Waals surface area contributed by atoms with Crippen molar-refractivity contribution in [1.29, 1.82) is 0 Å². The Morgan fingerprint density at radius 2 is 2.17 bits per heavy atom. The Hall–Kier alpha value is -1.08. The van der Waals surface area contributed by atoms with Crippen LogP contribution < -0.4 is 0 Å². The van der Waals surface area contributed by atoms with Gasteiger partial charge in [-0.15, -0.1) is 0 Å². The first-order valence-corrected chi connectivity index (χ1v) is 7.24. The van der Waals surface area contributed by atoms with Crippen LogP contribution in [0.3, 0.4) is 0 Å². The summed E-state index contributed by atoms with van der Waals surface area (Å²) in [5.41, 5.74) is 3.86. The van der Waals surface area contributed by atoms with Crippen LogP contribution in [0, 0.1) is 0 Å². The van der Waals surface area contributed by atoms with Crippen LogP contribution in [0.2, 0.25) is 0 Å². The third-order valence-electron chi connectivity index (χ3n) is 3.72. The Labute approximate surface area is 111 Å². The van der Waals surface area contributed by atoms with Gasteiger partial charge >= 0.3 is 0 Å². The van der Waals surface area contributed by atoms with E-state index in [1.807, 2.05) is 6.07 Å². The Balaban J connectivity index is 2.01. The van der Waals surface area contributed by atoms with E-state index in [1.54, 1.807) is 0 Å². The standard InChI is InChI=1S/C17H24O/c1-2-7-14-10-6-11-16(12-14)17(18)13-15-8-4-3-5-9-15/h6,8,10-12,17-18H,2-5,7,9,13H2,1H3. The first-order valence-electron chi connectivity index (χ1n) is 7.24. The molecule has 18 heavy (non-hydrogen) atoms. The summed E-state index contributed by atoms with van der Waals surface area (Å²) in [4.78, 5) is 0. The Morgan fingerprint density at radius 3 is 2.89 bits per heavy atom. The highest BCUT2D eigenvalue weighted by molar-refractivity contribution is 5.26. The summed E-state index contributed by atoms with van der Waals surface area (Å²) in [6.07, 6.45) is 10.0. The largest absolute Gasteiger partial charge is 0.388 e. The number of aliphatic hydroxyl groups is 1. The zero-order valence-corrected chi connectivity index (χ0v) is 11.4. The minimum absolute atomic E-state index is 0.328. The lowest BCUT2D eigenvalue weighted by Crippen LogP contribution is -2.02. The molecule has 0 aromatic heterocycles. The van der Waals surface area contributed by atoms with E-state index in [1.165, 1.54) is 36.8 Å². The molecule has 0 aliphatic heterocycles. The third-order valence-corrected chi connectivity index (χ3v) is 3.72. The molecule has 0 saturated carbocycles. The quantitative estimate of drug-likeness (QED) is 0.753. The highest BCUT2D eigenvalue weighted by atomic mass is 16.3. The van der Waals surface area contributed by atoms with E-state index in [9.17, 15) is 5.11 Å². The van der Waals surface area contributed by atoms with E-state index in [2.05, 4.69) is 31.2 Å². The minimum Gasteiger partial charge on any atom is -0.388 e. The molecular weight excluding hydrogens is 220 g/mol. The number of hydrogen-bond donors (Lipinski definition) is 1. The number of aryl methyl sites for hydroxylation is 1. The number of aliphatic hydroxyl groups excluding tert-OH is 1. The number of hydrogen-bond acceptors (Lipinski definition) is 1. The molecule has 0 fully saturated rings. The molecule has 1 heteroatoms. The molecule has 0 spiro atoms. The molecule has 2 rings (SSSR count). The molecule has 1 aromatic rings. The number of allylic oxidation sites excluding steroid dienone is 1. The van der Waals surface area contributed by atoms with Gasteiger partial charge in [-0.25, -0.2) is 0 Å². The second-order valence-corrected chi connectivity index (χ2v) is 5.32. The van der Waals surface area contributed by atoms with E-state index in [0.29, 0.717) is 0 Å². The number of benzene rings is 1. The maximum absolute atomic E-state index is 10.3. The summed E-state index contributed by atoms with van der Waals surface area (Å²) >= 11 is 0. The van der Waals surface area contributed by atoms with Crippen LogP contribution in [0.1, 0.15) is 62.7 Å². The van der Waals surface area contributed by atoms with Crippen molar-refractivity contribution in [3.63, 3.8) is 0 Å². The monoisotopic (exact) mass is 244 g/mol. The Bertz CT molecular complexity index is 406. The average Bonchev–Trinajstić information content (AvgIpc) is 2.40. The molecule has 0 saturated heterocycles. The average molecular weight is 244 g/mol. The van der Waals surface area contributed by atoms with Gasteiger partial charge in [0.15, 0.2) is 0 Å². The number of rotatable bonds is 5. The summed E-state index contributed by atoms with van der Waals surface area (Å²) in [6, 6.07) is 8.43. The van der Waals surface area contributed by atoms with Crippen molar-refractivity contribution in [2.45, 2.75) is 58.0 Å². The van der Waals surface area contributed by atoms with E-state index in [-0.39, 0.29) is 6.10 Å². The maximum atomic E-state index is 10.3. The second-order valence-electron chi connectivity index (χ2n) is 5.32. The highest BCUT2D eigenvalue weighted by Gasteiger charge is 2.12. The fraction of sp³-hybridized carbons (Fsp3) is 0.529. The van der Waals surface area contributed by atoms with Crippen molar-refractivity contribution in [2.24, 2.45) is 0 Å². The van der Waals surface area contributed by atoms with Crippen molar-refractivity contribution in [2.75, 3.05) is 0 Å². The third kappa shape index (κ3) is 3.71. The van der Waals surface area contributed by atoms with Gasteiger partial charge in [0.2, 0.25) is 0 Å². The summed E-state index contributed by atoms with van der Waals surface area (Å²) in [5.74, 6) is 0.